The predicted octanol–water partition coefficient (Wildman–Crippen LogP) is 2.96. The highest BCUT2D eigenvalue weighted by Gasteiger charge is 2.21. The fraction of sp³-hybridized carbons (Fsp3) is 0.579. The van der Waals surface area contributed by atoms with Crippen molar-refractivity contribution in [2.75, 3.05) is 39.5 Å². The van der Waals surface area contributed by atoms with Gasteiger partial charge in [0.25, 0.3) is 0 Å². The lowest BCUT2D eigenvalue weighted by Gasteiger charge is -2.35. The summed E-state index contributed by atoms with van der Waals surface area (Å²) in [4.78, 5) is 20.6. The van der Waals surface area contributed by atoms with Gasteiger partial charge in [0.05, 0.1) is 30.4 Å². The van der Waals surface area contributed by atoms with Crippen LogP contribution in [0.4, 0.5) is 0 Å². The van der Waals surface area contributed by atoms with Crippen LogP contribution >= 0.6 is 23.2 Å². The first-order valence-electron chi connectivity index (χ1n) is 9.10. The molecule has 2 rings (SSSR count). The molecule has 1 aromatic carbocycles. The molecule has 1 aliphatic heterocycles. The Hall–Kier alpha value is -1.58. The first kappa shape index (κ1) is 25.5. The third kappa shape index (κ3) is 10.1. The molecule has 1 fully saturated rings. The normalized spacial score (nSPS) is 19.2. The number of morpholine rings is 1. The summed E-state index contributed by atoms with van der Waals surface area (Å²) in [6, 6.07) is 3.53. The number of aliphatic carboxylic acids is 2. The van der Waals surface area contributed by atoms with Gasteiger partial charge in [0.1, 0.15) is 12.4 Å². The lowest BCUT2D eigenvalue weighted by atomic mass is 10.2. The summed E-state index contributed by atoms with van der Waals surface area (Å²) in [7, 11) is 0. The minimum absolute atomic E-state index is 0.289. The van der Waals surface area contributed by atoms with Gasteiger partial charge in [0.15, 0.2) is 0 Å². The number of carbonyl (C=O) groups is 2. The van der Waals surface area contributed by atoms with E-state index in [0.717, 1.165) is 25.2 Å². The van der Waals surface area contributed by atoms with Crippen molar-refractivity contribution in [3.8, 4) is 5.75 Å². The fourth-order valence-corrected chi connectivity index (χ4v) is 3.49. The molecule has 0 spiro atoms. The number of benzene rings is 1. The number of ether oxygens (including phenoxy) is 3. The maximum absolute atomic E-state index is 9.10. The van der Waals surface area contributed by atoms with E-state index >= 15 is 0 Å². The van der Waals surface area contributed by atoms with Crippen LogP contribution in [0.15, 0.2) is 12.1 Å². The van der Waals surface area contributed by atoms with Crippen molar-refractivity contribution >= 4 is 35.1 Å². The van der Waals surface area contributed by atoms with Gasteiger partial charge in [0, 0.05) is 24.7 Å². The number of rotatable bonds is 7. The molecule has 2 atom stereocenters. The highest BCUT2D eigenvalue weighted by atomic mass is 35.5. The Balaban J connectivity index is 0.000000612. The van der Waals surface area contributed by atoms with Crippen molar-refractivity contribution in [3.63, 3.8) is 0 Å². The number of aryl methyl sites for hydroxylation is 1. The topological polar surface area (TPSA) is 106 Å². The second-order valence-corrected chi connectivity index (χ2v) is 7.47. The van der Waals surface area contributed by atoms with Crippen molar-refractivity contribution in [3.05, 3.63) is 27.7 Å². The molecule has 0 bridgehead atoms. The van der Waals surface area contributed by atoms with E-state index in [4.69, 9.17) is 57.2 Å². The van der Waals surface area contributed by atoms with Gasteiger partial charge in [0.2, 0.25) is 0 Å². The van der Waals surface area contributed by atoms with E-state index in [1.165, 1.54) is 0 Å². The number of nitrogens with zero attached hydrogens (tertiary/aromatic N) is 1. The van der Waals surface area contributed by atoms with Crippen LogP contribution in [0.3, 0.4) is 0 Å². The van der Waals surface area contributed by atoms with Crippen LogP contribution in [0, 0.1) is 6.92 Å². The standard InChI is InChI=1S/C17H25Cl2NO3.C2H2O4/c1-12-8-15(18)9-16(19)17(12)22-7-6-21-5-4-20-10-13(2)23-14(3)11-20;3-1(4)2(5)6/h8-9,13-14H,4-7,10-11H2,1-3H3;(H,3,4)(H,5,6). The SMILES string of the molecule is Cc1cc(Cl)cc(Cl)c1OCCOCCN1CC(C)OC(C)C1.O=C(O)C(=O)O. The molecule has 1 heterocycles. The predicted molar refractivity (Wildman–Crippen MR) is 109 cm³/mol. The van der Waals surface area contributed by atoms with Crippen molar-refractivity contribution in [1.82, 2.24) is 4.90 Å². The van der Waals surface area contributed by atoms with Crippen molar-refractivity contribution < 1.29 is 34.0 Å². The van der Waals surface area contributed by atoms with E-state index in [2.05, 4.69) is 18.7 Å². The Morgan fingerprint density at radius 1 is 1.10 bits per heavy atom. The molecule has 2 N–H and O–H groups in total. The largest absolute Gasteiger partial charge is 0.489 e. The van der Waals surface area contributed by atoms with Crippen LogP contribution in [-0.2, 0) is 19.1 Å². The van der Waals surface area contributed by atoms with Crippen molar-refractivity contribution in [2.24, 2.45) is 0 Å². The molecule has 1 saturated heterocycles. The average molecular weight is 452 g/mol. The van der Waals surface area contributed by atoms with Crippen LogP contribution in [-0.4, -0.2) is 78.7 Å². The molecule has 29 heavy (non-hydrogen) atoms. The van der Waals surface area contributed by atoms with E-state index in [0.29, 0.717) is 35.6 Å². The smallest absolute Gasteiger partial charge is 0.414 e. The third-order valence-electron chi connectivity index (χ3n) is 3.90. The quantitative estimate of drug-likeness (QED) is 0.481. The minimum atomic E-state index is -1.82. The van der Waals surface area contributed by atoms with Crippen molar-refractivity contribution in [1.29, 1.82) is 0 Å². The molecule has 2 unspecified atom stereocenters. The molecule has 164 valence electrons. The van der Waals surface area contributed by atoms with Gasteiger partial charge in [-0.1, -0.05) is 23.2 Å². The monoisotopic (exact) mass is 451 g/mol. The number of hydrogen-bond acceptors (Lipinski definition) is 6. The zero-order valence-electron chi connectivity index (χ0n) is 16.7. The van der Waals surface area contributed by atoms with Crippen LogP contribution in [0.1, 0.15) is 19.4 Å². The van der Waals surface area contributed by atoms with E-state index in [1.54, 1.807) is 6.07 Å². The second-order valence-electron chi connectivity index (χ2n) is 6.62. The van der Waals surface area contributed by atoms with E-state index in [-0.39, 0.29) is 12.2 Å². The molecular formula is C19H27Cl2NO7. The number of halogens is 2. The summed E-state index contributed by atoms with van der Waals surface area (Å²) >= 11 is 12.1. The molecule has 0 amide bonds. The van der Waals surface area contributed by atoms with Crippen molar-refractivity contribution in [2.45, 2.75) is 33.0 Å². The van der Waals surface area contributed by atoms with E-state index < -0.39 is 11.9 Å². The number of hydrogen-bond donors (Lipinski definition) is 2. The summed E-state index contributed by atoms with van der Waals surface area (Å²) in [6.45, 7) is 10.7. The Labute approximate surface area is 180 Å². The molecule has 1 aliphatic rings. The van der Waals surface area contributed by atoms with Crippen LogP contribution in [0.2, 0.25) is 10.0 Å². The first-order valence-corrected chi connectivity index (χ1v) is 9.86. The summed E-state index contributed by atoms with van der Waals surface area (Å²) in [5.74, 6) is -2.97. The minimum Gasteiger partial charge on any atom is -0.489 e. The average Bonchev–Trinajstić information content (AvgIpc) is 2.59. The third-order valence-corrected chi connectivity index (χ3v) is 4.40. The molecular weight excluding hydrogens is 425 g/mol. The summed E-state index contributed by atoms with van der Waals surface area (Å²) in [6.07, 6.45) is 0.578. The Morgan fingerprint density at radius 3 is 2.21 bits per heavy atom. The zero-order chi connectivity index (χ0) is 22.0. The van der Waals surface area contributed by atoms with Crippen LogP contribution in [0.25, 0.3) is 0 Å². The Morgan fingerprint density at radius 2 is 1.69 bits per heavy atom. The van der Waals surface area contributed by atoms with Gasteiger partial charge in [-0.25, -0.2) is 9.59 Å². The van der Waals surface area contributed by atoms with Gasteiger partial charge < -0.3 is 24.4 Å². The number of carboxylic acid groups (broad SMARTS) is 2. The molecule has 0 saturated carbocycles. The second kappa shape index (κ2) is 12.9. The highest BCUT2D eigenvalue weighted by molar-refractivity contribution is 6.35. The zero-order valence-corrected chi connectivity index (χ0v) is 18.2. The Kier molecular flexibility index (Phi) is 11.3. The molecule has 0 aliphatic carbocycles. The van der Waals surface area contributed by atoms with Gasteiger partial charge >= 0.3 is 11.9 Å². The van der Waals surface area contributed by atoms with Gasteiger partial charge in [-0.2, -0.15) is 0 Å². The molecule has 1 aromatic rings. The fourth-order valence-electron chi connectivity index (χ4n) is 2.84. The first-order chi connectivity index (χ1) is 13.6. The summed E-state index contributed by atoms with van der Waals surface area (Å²) < 4.78 is 17.1. The maximum atomic E-state index is 9.10. The summed E-state index contributed by atoms with van der Waals surface area (Å²) in [5, 5.41) is 15.9. The van der Waals surface area contributed by atoms with Gasteiger partial charge in [-0.3, -0.25) is 4.90 Å². The maximum Gasteiger partial charge on any atom is 0.414 e. The Bertz CT molecular complexity index is 642. The van der Waals surface area contributed by atoms with Crippen LogP contribution < -0.4 is 4.74 Å². The highest BCUT2D eigenvalue weighted by Crippen LogP contribution is 2.31. The summed E-state index contributed by atoms with van der Waals surface area (Å²) in [5.41, 5.74) is 0.929. The van der Waals surface area contributed by atoms with E-state index in [9.17, 15) is 0 Å². The number of carboxylic acids is 2. The van der Waals surface area contributed by atoms with E-state index in [1.807, 2.05) is 13.0 Å². The molecule has 10 heteroatoms. The van der Waals surface area contributed by atoms with Gasteiger partial charge in [-0.05, 0) is 38.5 Å². The van der Waals surface area contributed by atoms with Crippen LogP contribution in [0.5, 0.6) is 5.75 Å². The van der Waals surface area contributed by atoms with Gasteiger partial charge in [-0.15, -0.1) is 0 Å². The lowest BCUT2D eigenvalue weighted by Crippen LogP contribution is -2.46. The molecule has 0 aromatic heterocycles. The lowest BCUT2D eigenvalue weighted by molar-refractivity contribution is -0.159. The molecule has 8 nitrogen and oxygen atoms in total. The molecule has 0 radical (unpaired) electrons.